The minimum absolute atomic E-state index is 0.0112. The van der Waals surface area contributed by atoms with Gasteiger partial charge in [-0.05, 0) is 60.4 Å². The van der Waals surface area contributed by atoms with Crippen molar-refractivity contribution in [2.75, 3.05) is 47.9 Å². The second kappa shape index (κ2) is 15.4. The van der Waals surface area contributed by atoms with Gasteiger partial charge in [0.25, 0.3) is 0 Å². The van der Waals surface area contributed by atoms with Crippen molar-refractivity contribution in [3.8, 4) is 5.75 Å². The zero-order valence-electron chi connectivity index (χ0n) is 27.0. The summed E-state index contributed by atoms with van der Waals surface area (Å²) in [5.74, 6) is -0.648. The van der Waals surface area contributed by atoms with Gasteiger partial charge in [0, 0.05) is 54.4 Å². The lowest BCUT2D eigenvalue weighted by atomic mass is 10.0. The van der Waals surface area contributed by atoms with Crippen LogP contribution in [0, 0.1) is 0 Å². The number of hydrogen-bond acceptors (Lipinski definition) is 14. The summed E-state index contributed by atoms with van der Waals surface area (Å²) in [5.41, 5.74) is 2.99. The number of carbonyl (C=O) groups excluding carboxylic acids is 1. The fraction of sp³-hybridized carbons (Fsp3) is 0.344. The number of phenols is 1. The summed E-state index contributed by atoms with van der Waals surface area (Å²) in [6, 6.07) is 20.5. The molecule has 49 heavy (non-hydrogen) atoms. The number of piperidine rings is 1. The van der Waals surface area contributed by atoms with Gasteiger partial charge in [-0.1, -0.05) is 36.4 Å². The molecule has 2 aliphatic rings. The van der Waals surface area contributed by atoms with Gasteiger partial charge in [0.05, 0.1) is 25.2 Å². The zero-order chi connectivity index (χ0) is 35.2. The minimum Gasteiger partial charge on any atom is -0.506 e. The number of amidine groups is 2. The van der Waals surface area contributed by atoms with Crippen molar-refractivity contribution in [1.82, 2.24) is 10.6 Å². The number of esters is 1. The number of sulfonamides is 1. The van der Waals surface area contributed by atoms with Crippen molar-refractivity contribution in [2.45, 2.75) is 37.5 Å². The quantitative estimate of drug-likeness (QED) is 0.100. The average molecular weight is 716 g/mol. The highest BCUT2D eigenvalue weighted by molar-refractivity contribution is 8.22. The van der Waals surface area contributed by atoms with Crippen LogP contribution in [0.4, 0.5) is 17.1 Å². The number of hydrogen-bond donors (Lipinski definition) is 8. The van der Waals surface area contributed by atoms with Crippen LogP contribution in [-0.4, -0.2) is 90.5 Å². The number of anilines is 3. The fourth-order valence-electron chi connectivity index (χ4n) is 5.55. The largest absolute Gasteiger partial charge is 0.506 e. The van der Waals surface area contributed by atoms with Crippen LogP contribution < -0.4 is 25.6 Å². The summed E-state index contributed by atoms with van der Waals surface area (Å²) in [4.78, 5) is 14.8. The van der Waals surface area contributed by atoms with E-state index in [1.54, 1.807) is 6.07 Å². The van der Waals surface area contributed by atoms with Crippen LogP contribution in [0.15, 0.2) is 81.6 Å². The fourth-order valence-corrected chi connectivity index (χ4v) is 6.92. The van der Waals surface area contributed by atoms with E-state index in [1.165, 1.54) is 19.2 Å². The van der Waals surface area contributed by atoms with Gasteiger partial charge in [0.2, 0.25) is 10.0 Å². The Morgan fingerprint density at radius 1 is 1.02 bits per heavy atom. The van der Waals surface area contributed by atoms with Gasteiger partial charge in [-0.15, -0.1) is 8.80 Å². The summed E-state index contributed by atoms with van der Waals surface area (Å²) in [6.07, 6.45) is 2.02. The topological polar surface area (TPSA) is 217 Å². The lowest BCUT2D eigenvalue weighted by Crippen LogP contribution is -2.46. The lowest BCUT2D eigenvalue weighted by molar-refractivity contribution is -0.142. The monoisotopic (exact) mass is 715 g/mol. The molecule has 1 saturated heterocycles. The molecule has 5 rings (SSSR count). The van der Waals surface area contributed by atoms with Gasteiger partial charge in [-0.25, -0.2) is 13.2 Å². The van der Waals surface area contributed by atoms with E-state index in [-0.39, 0.29) is 42.1 Å². The third-order valence-corrected chi connectivity index (χ3v) is 9.47. The molecule has 264 valence electrons. The minimum atomic E-state index is -3.65. The van der Waals surface area contributed by atoms with E-state index in [2.05, 4.69) is 34.4 Å². The summed E-state index contributed by atoms with van der Waals surface area (Å²) in [5, 5.41) is 30.1. The molecule has 8 N–H and O–H groups in total. The highest BCUT2D eigenvalue weighted by Gasteiger charge is 2.30. The van der Waals surface area contributed by atoms with Crippen molar-refractivity contribution in [3.63, 3.8) is 0 Å². The Kier molecular flexibility index (Phi) is 11.3. The van der Waals surface area contributed by atoms with Gasteiger partial charge in [-0.3, -0.25) is 13.8 Å². The number of methoxy groups -OCH3 is 1. The summed E-state index contributed by atoms with van der Waals surface area (Å²) < 4.78 is 58.7. The van der Waals surface area contributed by atoms with Crippen LogP contribution in [0.3, 0.4) is 0 Å². The van der Waals surface area contributed by atoms with Crippen molar-refractivity contribution >= 4 is 55.7 Å². The Hall–Kier alpha value is -4.39. The van der Waals surface area contributed by atoms with Crippen LogP contribution >= 0.6 is 11.0 Å². The van der Waals surface area contributed by atoms with Gasteiger partial charge in [0.15, 0.2) is 11.7 Å². The molecule has 0 saturated carbocycles. The van der Waals surface area contributed by atoms with Crippen LogP contribution in [0.2, 0.25) is 0 Å². The highest BCUT2D eigenvalue weighted by Crippen LogP contribution is 2.45. The predicted octanol–water partition coefficient (Wildman–Crippen LogP) is 3.23. The molecule has 2 atom stereocenters. The van der Waals surface area contributed by atoms with Crippen LogP contribution in [-0.2, 0) is 26.0 Å². The van der Waals surface area contributed by atoms with E-state index in [0.29, 0.717) is 11.3 Å². The molecule has 2 heterocycles. The Morgan fingerprint density at radius 2 is 1.69 bits per heavy atom. The summed E-state index contributed by atoms with van der Waals surface area (Å²) >= 11 is 0. The molecule has 3 aromatic carbocycles. The summed E-state index contributed by atoms with van der Waals surface area (Å²) in [7, 11) is -5.96. The number of aromatic hydroxyl groups is 1. The molecule has 0 aliphatic carbocycles. The molecule has 1 unspecified atom stereocenters. The maximum absolute atomic E-state index is 12.6. The Morgan fingerprint density at radius 3 is 2.35 bits per heavy atom. The molecule has 17 heteroatoms. The third-order valence-electron chi connectivity index (χ3n) is 8.02. The van der Waals surface area contributed by atoms with E-state index in [4.69, 9.17) is 4.74 Å². The number of nitrogens with one attached hydrogen (secondary N) is 4. The van der Waals surface area contributed by atoms with Crippen molar-refractivity contribution in [1.29, 1.82) is 0 Å². The number of benzene rings is 3. The number of rotatable bonds is 12. The molecule has 0 aromatic heterocycles. The van der Waals surface area contributed by atoms with Crippen molar-refractivity contribution in [2.24, 2.45) is 8.80 Å². The van der Waals surface area contributed by atoms with Gasteiger partial charge < -0.3 is 35.8 Å². The van der Waals surface area contributed by atoms with Crippen molar-refractivity contribution < 1.29 is 37.3 Å². The highest BCUT2D eigenvalue weighted by atomic mass is 32.3. The van der Waals surface area contributed by atoms with Gasteiger partial charge in [0.1, 0.15) is 11.8 Å². The first-order chi connectivity index (χ1) is 23.3. The normalized spacial score (nSPS) is 18.1. The molecule has 3 aromatic rings. The standard InChI is InChI=1S/C32H41N7O8S2/c1-47-32(42)27(18-21-6-4-3-5-7-21)35-31-30(37-49(45,46)38-31)34-24-9-11-25(12-10-24)39-16-14-23(15-17-39)33-20-29(41)22-8-13-28(40)26(19-22)36-48(2,43)44/h3-13,19,23,27,29,33,36,40-41,45-46H,14-18,20H2,1-2H3,(H,34,37)(H,35,38)/t27?,29-/m0/s1. The van der Waals surface area contributed by atoms with Gasteiger partial charge >= 0.3 is 5.97 Å². The number of carbonyl (C=O) groups is 1. The van der Waals surface area contributed by atoms with Gasteiger partial charge in [-0.2, -0.15) is 0 Å². The first-order valence-electron chi connectivity index (χ1n) is 15.5. The number of ether oxygens (including phenoxy) is 1. The SMILES string of the molecule is COC(=O)C(Cc1ccccc1)NC1=NS(O)(O)N=C1Nc1ccc(N2CCC(NC[C@H](O)c3ccc(O)c(NS(C)(=O)=O)c3)CC2)cc1. The first-order valence-corrected chi connectivity index (χ1v) is 18.8. The van der Waals surface area contributed by atoms with E-state index in [0.717, 1.165) is 43.4 Å². The maximum Gasteiger partial charge on any atom is 0.328 e. The number of aliphatic hydroxyl groups is 1. The second-order valence-electron chi connectivity index (χ2n) is 11.8. The van der Waals surface area contributed by atoms with E-state index in [9.17, 15) is 32.5 Å². The smallest absolute Gasteiger partial charge is 0.328 e. The Labute approximate surface area is 286 Å². The molecule has 0 radical (unpaired) electrons. The Balaban J connectivity index is 1.13. The molecule has 2 aliphatic heterocycles. The number of phenolic OH excluding ortho intramolecular Hbond substituents is 1. The molecule has 1 fully saturated rings. The lowest BCUT2D eigenvalue weighted by Gasteiger charge is -2.34. The van der Waals surface area contributed by atoms with E-state index >= 15 is 0 Å². The molecule has 0 spiro atoms. The van der Waals surface area contributed by atoms with Crippen LogP contribution in [0.5, 0.6) is 5.75 Å². The predicted molar refractivity (Wildman–Crippen MR) is 192 cm³/mol. The molecule has 0 amide bonds. The molecule has 0 bridgehead atoms. The Bertz CT molecular complexity index is 1780. The maximum atomic E-state index is 12.6. The van der Waals surface area contributed by atoms with E-state index in [1.807, 2.05) is 54.6 Å². The molecule has 15 nitrogen and oxygen atoms in total. The number of aliphatic hydroxyl groups excluding tert-OH is 1. The number of nitrogens with zero attached hydrogens (tertiary/aromatic N) is 3. The van der Waals surface area contributed by atoms with Crippen LogP contribution in [0.1, 0.15) is 30.1 Å². The zero-order valence-corrected chi connectivity index (χ0v) is 28.6. The molecular weight excluding hydrogens is 675 g/mol. The van der Waals surface area contributed by atoms with Crippen LogP contribution in [0.25, 0.3) is 0 Å². The first kappa shape index (κ1) is 35.9. The third kappa shape index (κ3) is 10.1. The second-order valence-corrected chi connectivity index (χ2v) is 14.9. The molecular formula is C32H41N7O8S2. The average Bonchev–Trinajstić information content (AvgIpc) is 3.36. The van der Waals surface area contributed by atoms with E-state index < -0.39 is 39.1 Å². The van der Waals surface area contributed by atoms with Crippen molar-refractivity contribution in [3.05, 3.63) is 83.9 Å². The summed E-state index contributed by atoms with van der Waals surface area (Å²) in [6.45, 7) is 1.80.